The molecule has 0 amide bonds. The van der Waals surface area contributed by atoms with E-state index in [1.807, 2.05) is 55.5 Å². The van der Waals surface area contributed by atoms with E-state index >= 15 is 0 Å². The van der Waals surface area contributed by atoms with Crippen molar-refractivity contribution in [2.45, 2.75) is 19.3 Å². The average molecular weight is 284 g/mol. The molecule has 1 unspecified atom stereocenters. The second kappa shape index (κ2) is 6.93. The Bertz CT molecular complexity index is 585. The number of carbonyl (C=O) groups excluding carboxylic acids is 1. The van der Waals surface area contributed by atoms with Crippen LogP contribution in [-0.2, 0) is 0 Å². The second-order valence-electron chi connectivity index (χ2n) is 4.83. The minimum atomic E-state index is -0.135. The molecular weight excluding hydrogens is 264 g/mol. The molecule has 0 heterocycles. The molecule has 110 valence electrons. The van der Waals surface area contributed by atoms with Crippen LogP contribution in [0.25, 0.3) is 0 Å². The Labute approximate surface area is 125 Å². The quantitative estimate of drug-likeness (QED) is 0.750. The molecule has 0 N–H and O–H groups in total. The van der Waals surface area contributed by atoms with Gasteiger partial charge in [-0.15, -0.1) is 0 Å². The monoisotopic (exact) mass is 284 g/mol. The summed E-state index contributed by atoms with van der Waals surface area (Å²) in [5.74, 6) is 1.55. The Kier molecular flexibility index (Phi) is 4.99. The Hall–Kier alpha value is -2.29. The predicted octanol–water partition coefficient (Wildman–Crippen LogP) is 4.08. The highest BCUT2D eigenvalue weighted by Crippen LogP contribution is 2.26. The van der Waals surface area contributed by atoms with Crippen molar-refractivity contribution in [2.75, 3.05) is 14.2 Å². The Morgan fingerprint density at radius 1 is 0.905 bits per heavy atom. The van der Waals surface area contributed by atoms with Gasteiger partial charge in [-0.1, -0.05) is 19.1 Å². The summed E-state index contributed by atoms with van der Waals surface area (Å²) in [5, 5.41) is 0. The van der Waals surface area contributed by atoms with Gasteiger partial charge in [0.2, 0.25) is 0 Å². The minimum Gasteiger partial charge on any atom is -0.497 e. The highest BCUT2D eigenvalue weighted by Gasteiger charge is 2.20. The molecule has 2 aromatic rings. The summed E-state index contributed by atoms with van der Waals surface area (Å²) in [6.07, 6.45) is 0.761. The van der Waals surface area contributed by atoms with E-state index in [-0.39, 0.29) is 11.7 Å². The molecule has 0 aliphatic rings. The largest absolute Gasteiger partial charge is 0.497 e. The van der Waals surface area contributed by atoms with Crippen LogP contribution in [0.1, 0.15) is 35.2 Å². The third-order valence-electron chi connectivity index (χ3n) is 3.62. The normalized spacial score (nSPS) is 11.8. The van der Waals surface area contributed by atoms with Gasteiger partial charge < -0.3 is 9.47 Å². The number of ether oxygens (including phenoxy) is 2. The first kappa shape index (κ1) is 15.1. The lowest BCUT2D eigenvalue weighted by Gasteiger charge is -2.15. The lowest BCUT2D eigenvalue weighted by atomic mass is 9.88. The van der Waals surface area contributed by atoms with Crippen LogP contribution in [0.4, 0.5) is 0 Å². The average Bonchev–Trinajstić information content (AvgIpc) is 2.56. The lowest BCUT2D eigenvalue weighted by Crippen LogP contribution is -2.12. The molecule has 0 aliphatic carbocycles. The topological polar surface area (TPSA) is 35.5 Å². The van der Waals surface area contributed by atoms with Gasteiger partial charge in [-0.05, 0) is 48.4 Å². The molecule has 0 bridgehead atoms. The van der Waals surface area contributed by atoms with Crippen LogP contribution in [0, 0.1) is 0 Å². The number of benzene rings is 2. The molecule has 0 radical (unpaired) electrons. The smallest absolute Gasteiger partial charge is 0.170 e. The van der Waals surface area contributed by atoms with E-state index in [1.165, 1.54) is 0 Å². The Balaban J connectivity index is 2.24. The van der Waals surface area contributed by atoms with Crippen molar-refractivity contribution in [3.63, 3.8) is 0 Å². The van der Waals surface area contributed by atoms with Crippen LogP contribution >= 0.6 is 0 Å². The van der Waals surface area contributed by atoms with E-state index in [2.05, 4.69) is 0 Å². The Morgan fingerprint density at radius 2 is 1.38 bits per heavy atom. The van der Waals surface area contributed by atoms with Crippen molar-refractivity contribution in [3.8, 4) is 11.5 Å². The summed E-state index contributed by atoms with van der Waals surface area (Å²) >= 11 is 0. The van der Waals surface area contributed by atoms with E-state index in [4.69, 9.17) is 9.47 Å². The van der Waals surface area contributed by atoms with Crippen LogP contribution in [0.3, 0.4) is 0 Å². The maximum atomic E-state index is 12.7. The van der Waals surface area contributed by atoms with Gasteiger partial charge >= 0.3 is 0 Å². The molecule has 0 saturated heterocycles. The highest BCUT2D eigenvalue weighted by atomic mass is 16.5. The Morgan fingerprint density at radius 3 is 1.81 bits per heavy atom. The van der Waals surface area contributed by atoms with Crippen LogP contribution in [-0.4, -0.2) is 20.0 Å². The fourth-order valence-electron chi connectivity index (χ4n) is 2.37. The molecule has 0 aromatic heterocycles. The first-order valence-corrected chi connectivity index (χ1v) is 7.01. The van der Waals surface area contributed by atoms with Gasteiger partial charge in [0.05, 0.1) is 14.2 Å². The van der Waals surface area contributed by atoms with Crippen LogP contribution < -0.4 is 9.47 Å². The summed E-state index contributed by atoms with van der Waals surface area (Å²) in [4.78, 5) is 12.7. The summed E-state index contributed by atoms with van der Waals surface area (Å²) in [7, 11) is 3.25. The molecule has 3 heteroatoms. The van der Waals surface area contributed by atoms with Crippen LogP contribution in [0.2, 0.25) is 0 Å². The molecule has 3 nitrogen and oxygen atoms in total. The van der Waals surface area contributed by atoms with Crippen molar-refractivity contribution < 1.29 is 14.3 Å². The van der Waals surface area contributed by atoms with Crippen LogP contribution in [0.5, 0.6) is 11.5 Å². The summed E-state index contributed by atoms with van der Waals surface area (Å²) in [6.45, 7) is 2.02. The molecule has 2 rings (SSSR count). The van der Waals surface area contributed by atoms with Crippen molar-refractivity contribution in [2.24, 2.45) is 0 Å². The molecular formula is C18H20O3. The minimum absolute atomic E-state index is 0.130. The summed E-state index contributed by atoms with van der Waals surface area (Å²) in [5.41, 5.74) is 1.72. The second-order valence-corrected chi connectivity index (χ2v) is 4.83. The van der Waals surface area contributed by atoms with Crippen molar-refractivity contribution >= 4 is 5.78 Å². The summed E-state index contributed by atoms with van der Waals surface area (Å²) < 4.78 is 10.3. The van der Waals surface area contributed by atoms with Gasteiger partial charge in [-0.25, -0.2) is 0 Å². The molecule has 0 fully saturated rings. The zero-order chi connectivity index (χ0) is 15.2. The maximum Gasteiger partial charge on any atom is 0.170 e. The van der Waals surface area contributed by atoms with Crippen LogP contribution in [0.15, 0.2) is 48.5 Å². The van der Waals surface area contributed by atoms with Gasteiger partial charge in [0.15, 0.2) is 5.78 Å². The van der Waals surface area contributed by atoms with Gasteiger partial charge in [-0.2, -0.15) is 0 Å². The molecule has 21 heavy (non-hydrogen) atoms. The number of hydrogen-bond donors (Lipinski definition) is 0. The first-order chi connectivity index (χ1) is 10.2. The van der Waals surface area contributed by atoms with Crippen molar-refractivity contribution in [1.29, 1.82) is 0 Å². The molecule has 1 atom stereocenters. The van der Waals surface area contributed by atoms with E-state index < -0.39 is 0 Å². The highest BCUT2D eigenvalue weighted by molar-refractivity contribution is 6.01. The van der Waals surface area contributed by atoms with E-state index in [9.17, 15) is 4.79 Å². The third kappa shape index (κ3) is 3.43. The van der Waals surface area contributed by atoms with Gasteiger partial charge in [0, 0.05) is 11.5 Å². The van der Waals surface area contributed by atoms with Crippen molar-refractivity contribution in [3.05, 3.63) is 59.7 Å². The number of carbonyl (C=O) groups is 1. The lowest BCUT2D eigenvalue weighted by molar-refractivity contribution is 0.0957. The molecule has 2 aromatic carbocycles. The first-order valence-electron chi connectivity index (χ1n) is 7.01. The van der Waals surface area contributed by atoms with Gasteiger partial charge in [0.25, 0.3) is 0 Å². The number of methoxy groups -OCH3 is 2. The van der Waals surface area contributed by atoms with E-state index in [0.717, 1.165) is 23.5 Å². The number of rotatable bonds is 6. The number of hydrogen-bond acceptors (Lipinski definition) is 3. The summed E-state index contributed by atoms with van der Waals surface area (Å²) in [6, 6.07) is 14.9. The van der Waals surface area contributed by atoms with Gasteiger partial charge in [0.1, 0.15) is 11.5 Å². The third-order valence-corrected chi connectivity index (χ3v) is 3.62. The van der Waals surface area contributed by atoms with Crippen molar-refractivity contribution in [1.82, 2.24) is 0 Å². The zero-order valence-corrected chi connectivity index (χ0v) is 12.6. The fraction of sp³-hybridized carbons (Fsp3) is 0.278. The maximum absolute atomic E-state index is 12.7. The van der Waals surface area contributed by atoms with Gasteiger partial charge in [-0.3, -0.25) is 4.79 Å². The van der Waals surface area contributed by atoms with E-state index in [0.29, 0.717) is 5.56 Å². The molecule has 0 aliphatic heterocycles. The molecule has 0 saturated carbocycles. The number of ketones is 1. The van der Waals surface area contributed by atoms with E-state index in [1.54, 1.807) is 14.2 Å². The standard InChI is InChI=1S/C18H20O3/c1-4-17(13-5-9-15(20-2)10-6-13)18(19)14-7-11-16(21-3)12-8-14/h5-12,17H,4H2,1-3H3. The molecule has 0 spiro atoms. The SMILES string of the molecule is CCC(C(=O)c1ccc(OC)cc1)c1ccc(OC)cc1. The number of Topliss-reactive ketones (excluding diaryl/α,β-unsaturated/α-hetero) is 1. The zero-order valence-electron chi connectivity index (χ0n) is 12.6. The fourth-order valence-corrected chi connectivity index (χ4v) is 2.37. The predicted molar refractivity (Wildman–Crippen MR) is 83.4 cm³/mol.